The van der Waals surface area contributed by atoms with Crippen LogP contribution in [0.4, 0.5) is 32.0 Å². The van der Waals surface area contributed by atoms with E-state index in [-0.39, 0.29) is 10.8 Å². The number of allylic oxidation sites excluding steroid dienone is 4. The van der Waals surface area contributed by atoms with Crippen molar-refractivity contribution in [1.29, 1.82) is 0 Å². The molecule has 0 aliphatic heterocycles. The first-order valence-electron chi connectivity index (χ1n) is 13.7. The van der Waals surface area contributed by atoms with E-state index in [2.05, 4.69) is 15.5 Å². The van der Waals surface area contributed by atoms with Crippen LogP contribution in [-0.4, -0.2) is 71.0 Å². The molecule has 268 valence electrons. The van der Waals surface area contributed by atoms with E-state index >= 15 is 0 Å². The SMILES string of the molecule is CC1=C(N)C(=NO)CC=C1c1nc(C)ccc1C(=O)Nc1ccc(-c2ccccc2S(C)(=O)=O)cc1.O=C(O)C(F)(F)F.O=C(O)C(F)(F)F. The second kappa shape index (κ2) is 16.1. The fourth-order valence-electron chi connectivity index (χ4n) is 4.10. The van der Waals surface area contributed by atoms with Crippen LogP contribution < -0.4 is 11.1 Å². The van der Waals surface area contributed by atoms with Crippen LogP contribution in [0.5, 0.6) is 0 Å². The molecule has 0 radical (unpaired) electrons. The molecule has 6 N–H and O–H groups in total. The number of halogens is 6. The van der Waals surface area contributed by atoms with Gasteiger partial charge in [0.25, 0.3) is 5.91 Å². The molecule has 1 heterocycles. The number of hydrogen-bond donors (Lipinski definition) is 5. The summed E-state index contributed by atoms with van der Waals surface area (Å²) in [5.74, 6) is -5.87. The highest BCUT2D eigenvalue weighted by molar-refractivity contribution is 7.90. The Balaban J connectivity index is 0.000000521. The number of rotatable bonds is 5. The minimum absolute atomic E-state index is 0.245. The lowest BCUT2D eigenvalue weighted by Gasteiger charge is -2.19. The second-order valence-electron chi connectivity index (χ2n) is 10.2. The third-order valence-corrected chi connectivity index (χ3v) is 7.65. The standard InChI is InChI=1S/C27H26N4O4S.2C2HF3O2/c1-16-8-13-22(26(29-16)20-14-15-23(31-33)25(28)17(20)2)27(32)30-19-11-9-18(10-12-19)21-6-4-5-7-24(21)36(3,34)35;2*3-2(4,5)1(6)7/h4-14,33H,15,28H2,1-3H3,(H,30,32);2*(H,6,7). The van der Waals surface area contributed by atoms with Gasteiger partial charge in [-0.05, 0) is 55.3 Å². The molecule has 0 saturated carbocycles. The van der Waals surface area contributed by atoms with Gasteiger partial charge in [0.15, 0.2) is 9.84 Å². The number of aryl methyl sites for hydroxylation is 1. The van der Waals surface area contributed by atoms with E-state index in [1.807, 2.05) is 13.0 Å². The number of oxime groups is 1. The van der Waals surface area contributed by atoms with Gasteiger partial charge in [-0.3, -0.25) is 9.78 Å². The predicted molar refractivity (Wildman–Crippen MR) is 168 cm³/mol. The Labute approximate surface area is 280 Å². The fourth-order valence-corrected chi connectivity index (χ4v) is 5.01. The molecule has 0 saturated heterocycles. The number of aromatic nitrogens is 1. The van der Waals surface area contributed by atoms with Gasteiger partial charge >= 0.3 is 24.3 Å². The first kappa shape index (κ1) is 40.5. The minimum atomic E-state index is -5.08. The maximum absolute atomic E-state index is 13.3. The number of carboxylic acids is 2. The van der Waals surface area contributed by atoms with Crippen LogP contribution in [0.2, 0.25) is 0 Å². The molecule has 0 spiro atoms. The van der Waals surface area contributed by atoms with Crippen molar-refractivity contribution >= 4 is 44.7 Å². The van der Waals surface area contributed by atoms with E-state index < -0.39 is 34.1 Å². The minimum Gasteiger partial charge on any atom is -0.475 e. The van der Waals surface area contributed by atoms with Crippen molar-refractivity contribution in [3.63, 3.8) is 0 Å². The molecule has 4 rings (SSSR count). The zero-order valence-electron chi connectivity index (χ0n) is 26.1. The van der Waals surface area contributed by atoms with Crippen molar-refractivity contribution in [3.05, 3.63) is 95.0 Å². The number of nitrogens with one attached hydrogen (secondary N) is 1. The van der Waals surface area contributed by atoms with Crippen molar-refractivity contribution in [3.8, 4) is 11.1 Å². The number of sulfone groups is 1. The average Bonchev–Trinajstić information content (AvgIpc) is 3.02. The number of amides is 1. The molecule has 50 heavy (non-hydrogen) atoms. The zero-order chi connectivity index (χ0) is 38.2. The smallest absolute Gasteiger partial charge is 0.475 e. The molecule has 12 nitrogen and oxygen atoms in total. The van der Waals surface area contributed by atoms with Crippen molar-refractivity contribution < 1.29 is 64.6 Å². The van der Waals surface area contributed by atoms with E-state index in [9.17, 15) is 39.6 Å². The molecule has 0 atom stereocenters. The molecule has 2 aromatic carbocycles. The average molecular weight is 731 g/mol. The Morgan fingerprint density at radius 1 is 0.880 bits per heavy atom. The number of carbonyl (C=O) groups is 3. The Morgan fingerprint density at radius 2 is 1.40 bits per heavy atom. The Hall–Kier alpha value is -5.72. The number of hydrogen-bond acceptors (Lipinski definition) is 9. The van der Waals surface area contributed by atoms with Crippen LogP contribution >= 0.6 is 0 Å². The molecule has 0 unspecified atom stereocenters. The maximum Gasteiger partial charge on any atom is 0.490 e. The first-order valence-corrected chi connectivity index (χ1v) is 15.5. The monoisotopic (exact) mass is 730 g/mol. The van der Waals surface area contributed by atoms with Gasteiger partial charge in [0, 0.05) is 35.2 Å². The number of carboxylic acid groups (broad SMARTS) is 2. The number of alkyl halides is 6. The summed E-state index contributed by atoms with van der Waals surface area (Å²) in [4.78, 5) is 35.9. The summed E-state index contributed by atoms with van der Waals surface area (Å²) in [5.41, 5.74) is 11.7. The number of nitrogens with zero attached hydrogens (tertiary/aromatic N) is 2. The number of carbonyl (C=O) groups excluding carboxylic acids is 1. The topological polar surface area (TPSA) is 209 Å². The maximum atomic E-state index is 13.3. The molecule has 3 aromatic rings. The Kier molecular flexibility index (Phi) is 13.0. The molecule has 1 aliphatic rings. The van der Waals surface area contributed by atoms with E-state index in [1.54, 1.807) is 67.6 Å². The van der Waals surface area contributed by atoms with Gasteiger partial charge in [-0.25, -0.2) is 18.0 Å². The third-order valence-electron chi connectivity index (χ3n) is 6.50. The number of aliphatic carboxylic acids is 2. The largest absolute Gasteiger partial charge is 0.490 e. The van der Waals surface area contributed by atoms with Crippen molar-refractivity contribution in [2.24, 2.45) is 10.9 Å². The molecular formula is C31H28F6N4O8S. The van der Waals surface area contributed by atoms with E-state index in [4.69, 9.17) is 30.7 Å². The number of benzene rings is 2. The highest BCUT2D eigenvalue weighted by Crippen LogP contribution is 2.32. The fraction of sp³-hybridized carbons (Fsp3) is 0.194. The number of anilines is 1. The van der Waals surface area contributed by atoms with Gasteiger partial charge in [-0.15, -0.1) is 0 Å². The summed E-state index contributed by atoms with van der Waals surface area (Å²) in [6.45, 7) is 3.63. The highest BCUT2D eigenvalue weighted by Gasteiger charge is 2.39. The normalized spacial score (nSPS) is 14.0. The number of pyridine rings is 1. The van der Waals surface area contributed by atoms with Crippen LogP contribution in [0.3, 0.4) is 0 Å². The van der Waals surface area contributed by atoms with Gasteiger partial charge < -0.3 is 26.5 Å². The van der Waals surface area contributed by atoms with Crippen molar-refractivity contribution in [1.82, 2.24) is 4.98 Å². The highest BCUT2D eigenvalue weighted by atomic mass is 32.2. The first-order chi connectivity index (χ1) is 23.0. The van der Waals surface area contributed by atoms with Gasteiger partial charge in [0.05, 0.1) is 21.8 Å². The molecule has 1 aliphatic carbocycles. The lowest BCUT2D eigenvalue weighted by molar-refractivity contribution is -0.193. The summed E-state index contributed by atoms with van der Waals surface area (Å²) >= 11 is 0. The van der Waals surface area contributed by atoms with E-state index in [0.717, 1.165) is 11.3 Å². The summed E-state index contributed by atoms with van der Waals surface area (Å²) < 4.78 is 87.8. The molecule has 19 heteroatoms. The van der Waals surface area contributed by atoms with Gasteiger partial charge in [-0.1, -0.05) is 41.6 Å². The van der Waals surface area contributed by atoms with Gasteiger partial charge in [0.1, 0.15) is 5.71 Å². The molecule has 0 fully saturated rings. The lowest BCUT2D eigenvalue weighted by atomic mass is 9.90. The molecule has 1 amide bonds. The molecule has 1 aromatic heterocycles. The lowest BCUT2D eigenvalue weighted by Crippen LogP contribution is -2.21. The van der Waals surface area contributed by atoms with Crippen LogP contribution in [0.15, 0.2) is 88.1 Å². The van der Waals surface area contributed by atoms with Crippen LogP contribution in [-0.2, 0) is 19.4 Å². The summed E-state index contributed by atoms with van der Waals surface area (Å²) in [7, 11) is -3.40. The zero-order valence-corrected chi connectivity index (χ0v) is 26.9. The van der Waals surface area contributed by atoms with E-state index in [1.165, 1.54) is 6.26 Å². The van der Waals surface area contributed by atoms with Crippen molar-refractivity contribution in [2.75, 3.05) is 11.6 Å². The summed E-state index contributed by atoms with van der Waals surface area (Å²) in [6.07, 6.45) is -6.83. The molecule has 0 bridgehead atoms. The van der Waals surface area contributed by atoms with Crippen LogP contribution in [0, 0.1) is 6.92 Å². The molecular weight excluding hydrogens is 702 g/mol. The van der Waals surface area contributed by atoms with Gasteiger partial charge in [0.2, 0.25) is 0 Å². The van der Waals surface area contributed by atoms with Crippen molar-refractivity contribution in [2.45, 2.75) is 37.5 Å². The number of nitrogens with two attached hydrogens (primary N) is 1. The van der Waals surface area contributed by atoms with Crippen LogP contribution in [0.1, 0.15) is 35.1 Å². The van der Waals surface area contributed by atoms with Crippen LogP contribution in [0.25, 0.3) is 16.7 Å². The Morgan fingerprint density at radius 3 is 1.88 bits per heavy atom. The predicted octanol–water partition coefficient (Wildman–Crippen LogP) is 5.83. The van der Waals surface area contributed by atoms with Gasteiger partial charge in [-0.2, -0.15) is 26.3 Å². The third kappa shape index (κ3) is 10.9. The quantitative estimate of drug-likeness (QED) is 0.121. The Bertz CT molecular complexity index is 1950. The summed E-state index contributed by atoms with van der Waals surface area (Å²) in [6, 6.07) is 17.2. The van der Waals surface area contributed by atoms with E-state index in [0.29, 0.717) is 51.5 Å². The summed E-state index contributed by atoms with van der Waals surface area (Å²) in [5, 5.41) is 29.6. The second-order valence-corrected chi connectivity index (χ2v) is 12.1.